The van der Waals surface area contributed by atoms with E-state index in [9.17, 15) is 13.2 Å². The Morgan fingerprint density at radius 3 is 2.27 bits per heavy atom. The molecule has 0 bridgehead atoms. The van der Waals surface area contributed by atoms with Gasteiger partial charge in [-0.1, -0.05) is 0 Å². The third-order valence-corrected chi connectivity index (χ3v) is 1.18. The molecule has 0 unspecified atom stereocenters. The molecule has 0 atom stereocenters. The van der Waals surface area contributed by atoms with Gasteiger partial charge >= 0.3 is 0 Å². The number of hydrogen-bond donors (Lipinski definition) is 1. The average Bonchev–Trinajstić information content (AvgIpc) is 1.97. The first-order chi connectivity index (χ1) is 5.04. The zero-order valence-electron chi connectivity index (χ0n) is 5.53. The lowest BCUT2D eigenvalue weighted by Crippen LogP contribution is -1.97. The van der Waals surface area contributed by atoms with Crippen molar-refractivity contribution in [3.05, 3.63) is 23.3 Å². The molecule has 0 aliphatic heterocycles. The molecule has 0 amide bonds. The lowest BCUT2D eigenvalue weighted by molar-refractivity contribution is 0.361. The molecule has 0 aromatic carbocycles. The quantitative estimate of drug-likeness (QED) is 0.588. The Bertz CT molecular complexity index is 274. The van der Waals surface area contributed by atoms with E-state index in [1.54, 1.807) is 0 Å². The summed E-state index contributed by atoms with van der Waals surface area (Å²) in [4.78, 5) is 2.90. The highest BCUT2D eigenvalue weighted by Gasteiger charge is 2.16. The van der Waals surface area contributed by atoms with Gasteiger partial charge < -0.3 is 5.11 Å². The fraction of sp³-hybridized carbons (Fsp3) is 0.167. The Balaban J connectivity index is 3.46. The summed E-state index contributed by atoms with van der Waals surface area (Å²) in [6, 6.07) is 0. The highest BCUT2D eigenvalue weighted by molar-refractivity contribution is 5.23. The molecular weight excluding hydrogens is 159 g/mol. The highest BCUT2D eigenvalue weighted by atomic mass is 19.2. The molecule has 1 aromatic rings. The number of halogens is 3. The van der Waals surface area contributed by atoms with Crippen LogP contribution in [0.5, 0.6) is 5.75 Å². The van der Waals surface area contributed by atoms with Gasteiger partial charge in [0.2, 0.25) is 11.6 Å². The van der Waals surface area contributed by atoms with E-state index in [1.807, 2.05) is 0 Å². The summed E-state index contributed by atoms with van der Waals surface area (Å²) < 4.78 is 37.0. The maximum Gasteiger partial charge on any atom is 0.258 e. The van der Waals surface area contributed by atoms with E-state index < -0.39 is 29.0 Å². The van der Waals surface area contributed by atoms with Crippen LogP contribution in [0.2, 0.25) is 0 Å². The number of nitrogens with zero attached hydrogens (tertiary/aromatic N) is 1. The topological polar surface area (TPSA) is 33.1 Å². The van der Waals surface area contributed by atoms with Crippen LogP contribution in [-0.4, -0.2) is 10.1 Å². The van der Waals surface area contributed by atoms with Crippen molar-refractivity contribution in [3.63, 3.8) is 0 Å². The fourth-order valence-electron chi connectivity index (χ4n) is 0.603. The van der Waals surface area contributed by atoms with Crippen LogP contribution in [0.1, 0.15) is 5.69 Å². The molecule has 0 spiro atoms. The van der Waals surface area contributed by atoms with E-state index in [-0.39, 0.29) is 0 Å². The Hall–Kier alpha value is -1.26. The van der Waals surface area contributed by atoms with Crippen molar-refractivity contribution in [2.45, 2.75) is 6.92 Å². The smallest absolute Gasteiger partial charge is 0.258 e. The van der Waals surface area contributed by atoms with Crippen molar-refractivity contribution < 1.29 is 18.3 Å². The van der Waals surface area contributed by atoms with Gasteiger partial charge in [0, 0.05) is 0 Å². The maximum absolute atomic E-state index is 12.4. The van der Waals surface area contributed by atoms with E-state index in [0.717, 1.165) is 6.92 Å². The Morgan fingerprint density at radius 2 is 1.73 bits per heavy atom. The summed E-state index contributed by atoms with van der Waals surface area (Å²) in [5.41, 5.74) is -0.419. The summed E-state index contributed by atoms with van der Waals surface area (Å²) in [5, 5.41) is 8.46. The molecule has 60 valence electrons. The predicted molar refractivity (Wildman–Crippen MR) is 30.5 cm³/mol. The van der Waals surface area contributed by atoms with E-state index in [4.69, 9.17) is 5.11 Å². The second-order valence-electron chi connectivity index (χ2n) is 1.96. The van der Waals surface area contributed by atoms with Crippen molar-refractivity contribution in [1.82, 2.24) is 4.98 Å². The van der Waals surface area contributed by atoms with E-state index in [2.05, 4.69) is 4.98 Å². The molecule has 5 heteroatoms. The first-order valence-corrected chi connectivity index (χ1v) is 2.74. The summed E-state index contributed by atoms with van der Waals surface area (Å²) >= 11 is 0. The zero-order valence-corrected chi connectivity index (χ0v) is 5.53. The average molecular weight is 163 g/mol. The lowest BCUT2D eigenvalue weighted by atomic mass is 10.3. The van der Waals surface area contributed by atoms with Gasteiger partial charge in [-0.2, -0.15) is 8.78 Å². The molecule has 1 heterocycles. The molecule has 0 saturated carbocycles. The SMILES string of the molecule is Cc1nc(F)c(O)c(F)c1F. The summed E-state index contributed by atoms with van der Waals surface area (Å²) in [6.07, 6.45) is 0. The van der Waals surface area contributed by atoms with Crippen LogP contribution >= 0.6 is 0 Å². The minimum Gasteiger partial charge on any atom is -0.502 e. The second-order valence-corrected chi connectivity index (χ2v) is 1.96. The molecule has 0 aliphatic rings. The molecule has 0 saturated heterocycles. The molecule has 0 aliphatic carbocycles. The van der Waals surface area contributed by atoms with Crippen molar-refractivity contribution in [1.29, 1.82) is 0 Å². The van der Waals surface area contributed by atoms with E-state index >= 15 is 0 Å². The van der Waals surface area contributed by atoms with E-state index in [0.29, 0.717) is 0 Å². The van der Waals surface area contributed by atoms with Gasteiger partial charge in [-0.3, -0.25) is 0 Å². The van der Waals surface area contributed by atoms with Crippen LogP contribution in [0, 0.1) is 24.5 Å². The van der Waals surface area contributed by atoms with Crippen LogP contribution in [0.3, 0.4) is 0 Å². The molecule has 0 radical (unpaired) electrons. The van der Waals surface area contributed by atoms with Gasteiger partial charge in [0.05, 0.1) is 5.69 Å². The third kappa shape index (κ3) is 1.13. The van der Waals surface area contributed by atoms with Gasteiger partial charge in [-0.25, -0.2) is 9.37 Å². The van der Waals surface area contributed by atoms with Crippen LogP contribution in [0.15, 0.2) is 0 Å². The minimum absolute atomic E-state index is 0.419. The summed E-state index contributed by atoms with van der Waals surface area (Å²) in [7, 11) is 0. The molecule has 0 fully saturated rings. The molecule has 1 aromatic heterocycles. The van der Waals surface area contributed by atoms with Gasteiger partial charge in [-0.15, -0.1) is 0 Å². The first kappa shape index (κ1) is 7.84. The summed E-state index contributed by atoms with van der Waals surface area (Å²) in [6.45, 7) is 1.10. The van der Waals surface area contributed by atoms with Crippen LogP contribution in [0.25, 0.3) is 0 Å². The van der Waals surface area contributed by atoms with Crippen molar-refractivity contribution in [2.75, 3.05) is 0 Å². The van der Waals surface area contributed by atoms with Gasteiger partial charge in [0.1, 0.15) is 0 Å². The number of aromatic nitrogens is 1. The lowest BCUT2D eigenvalue weighted by Gasteiger charge is -1.99. The second kappa shape index (κ2) is 2.41. The zero-order chi connectivity index (χ0) is 8.59. The van der Waals surface area contributed by atoms with Crippen LogP contribution in [0.4, 0.5) is 13.2 Å². The number of pyridine rings is 1. The van der Waals surface area contributed by atoms with Gasteiger partial charge in [0.15, 0.2) is 5.82 Å². The van der Waals surface area contributed by atoms with Crippen LogP contribution in [-0.2, 0) is 0 Å². The molecule has 1 N–H and O–H groups in total. The largest absolute Gasteiger partial charge is 0.502 e. The normalized spacial score (nSPS) is 10.2. The number of hydrogen-bond acceptors (Lipinski definition) is 2. The molecule has 1 rings (SSSR count). The van der Waals surface area contributed by atoms with Crippen LogP contribution < -0.4 is 0 Å². The number of rotatable bonds is 0. The van der Waals surface area contributed by atoms with E-state index in [1.165, 1.54) is 0 Å². The Labute approximate surface area is 60.3 Å². The van der Waals surface area contributed by atoms with Gasteiger partial charge in [0.25, 0.3) is 5.95 Å². The molecule has 11 heavy (non-hydrogen) atoms. The maximum atomic E-state index is 12.4. The minimum atomic E-state index is -1.60. The predicted octanol–water partition coefficient (Wildman–Crippen LogP) is 1.51. The Kier molecular flexibility index (Phi) is 1.72. The number of aryl methyl sites for hydroxylation is 1. The van der Waals surface area contributed by atoms with Gasteiger partial charge in [-0.05, 0) is 6.92 Å². The molecular formula is C6H4F3NO. The third-order valence-electron chi connectivity index (χ3n) is 1.18. The fourth-order valence-corrected chi connectivity index (χ4v) is 0.603. The standard InChI is InChI=1S/C6H4F3NO/c1-2-3(7)4(8)5(11)6(9)10-2/h11H,1H3. The highest BCUT2D eigenvalue weighted by Crippen LogP contribution is 2.21. The van der Waals surface area contributed by atoms with Crippen molar-refractivity contribution in [3.8, 4) is 5.75 Å². The van der Waals surface area contributed by atoms with Crippen molar-refractivity contribution in [2.24, 2.45) is 0 Å². The first-order valence-electron chi connectivity index (χ1n) is 2.74. The Morgan fingerprint density at radius 1 is 1.18 bits per heavy atom. The summed E-state index contributed by atoms with van der Waals surface area (Å²) in [5.74, 6) is -5.71. The molecule has 2 nitrogen and oxygen atoms in total. The number of aromatic hydroxyl groups is 1. The monoisotopic (exact) mass is 163 g/mol. The van der Waals surface area contributed by atoms with Crippen molar-refractivity contribution >= 4 is 0 Å².